The Morgan fingerprint density at radius 2 is 2.29 bits per heavy atom. The van der Waals surface area contributed by atoms with E-state index in [0.717, 1.165) is 24.2 Å². The second-order valence-electron chi connectivity index (χ2n) is 4.67. The normalized spacial score (nSPS) is 29.5. The molecule has 116 valence electrons. The van der Waals surface area contributed by atoms with Gasteiger partial charge in [0, 0.05) is 5.57 Å². The molecule has 3 atom stereocenters. The fraction of sp³-hybridized carbons (Fsp3) is 0.467. The predicted octanol–water partition coefficient (Wildman–Crippen LogP) is 3.53. The van der Waals surface area contributed by atoms with Crippen LogP contribution in [-0.2, 0) is 18.3 Å². The summed E-state index contributed by atoms with van der Waals surface area (Å²) in [5.74, 6) is 0.726. The van der Waals surface area contributed by atoms with Gasteiger partial charge in [0.2, 0.25) is 0 Å². The molecule has 2 rings (SSSR count). The third-order valence-corrected chi connectivity index (χ3v) is 4.19. The zero-order valence-corrected chi connectivity index (χ0v) is 13.2. The van der Waals surface area contributed by atoms with Gasteiger partial charge in [0.05, 0.1) is 19.3 Å². The third kappa shape index (κ3) is 4.68. The Balaban J connectivity index is 1.78. The van der Waals surface area contributed by atoms with E-state index < -0.39 is 8.60 Å². The Labute approximate surface area is 127 Å². The van der Waals surface area contributed by atoms with Crippen LogP contribution >= 0.6 is 8.60 Å². The molecule has 0 spiro atoms. The zero-order chi connectivity index (χ0) is 15.1. The molecule has 2 heterocycles. The molecule has 0 saturated carbocycles. The molecule has 0 bridgehead atoms. The van der Waals surface area contributed by atoms with Gasteiger partial charge in [-0.05, 0) is 32.0 Å². The lowest BCUT2D eigenvalue weighted by molar-refractivity contribution is 0.00413. The maximum atomic E-state index is 5.75. The highest BCUT2D eigenvalue weighted by atomic mass is 31.2. The molecule has 0 aromatic carbocycles. The highest BCUT2D eigenvalue weighted by molar-refractivity contribution is 7.41. The van der Waals surface area contributed by atoms with Gasteiger partial charge in [-0.25, -0.2) is 0 Å². The molecule has 2 aliphatic heterocycles. The van der Waals surface area contributed by atoms with E-state index in [1.165, 1.54) is 0 Å². The molecule has 5 nitrogen and oxygen atoms in total. The molecule has 0 radical (unpaired) electrons. The van der Waals surface area contributed by atoms with Crippen molar-refractivity contribution in [2.45, 2.75) is 32.1 Å². The van der Waals surface area contributed by atoms with Crippen LogP contribution in [-0.4, -0.2) is 25.5 Å². The second kappa shape index (κ2) is 8.35. The number of hydrogen-bond donors (Lipinski definition) is 1. The van der Waals surface area contributed by atoms with Gasteiger partial charge in [0.15, 0.2) is 0 Å². The molecule has 21 heavy (non-hydrogen) atoms. The third-order valence-electron chi connectivity index (χ3n) is 3.15. The Kier molecular flexibility index (Phi) is 6.46. The molecule has 0 aromatic rings. The van der Waals surface area contributed by atoms with E-state index in [0.29, 0.717) is 13.2 Å². The van der Waals surface area contributed by atoms with Gasteiger partial charge in [0.1, 0.15) is 12.0 Å². The molecule has 6 heteroatoms. The summed E-state index contributed by atoms with van der Waals surface area (Å²) in [7, 11) is -1.38. The molecular formula is C15H22NO4P. The van der Waals surface area contributed by atoms with Crippen LogP contribution in [0.15, 0.2) is 48.9 Å². The van der Waals surface area contributed by atoms with Crippen LogP contribution in [0.4, 0.5) is 0 Å². The molecule has 0 aliphatic carbocycles. The van der Waals surface area contributed by atoms with Gasteiger partial charge >= 0.3 is 8.60 Å². The van der Waals surface area contributed by atoms with Crippen molar-refractivity contribution in [2.75, 3.05) is 13.2 Å². The van der Waals surface area contributed by atoms with E-state index in [1.54, 1.807) is 12.3 Å². The summed E-state index contributed by atoms with van der Waals surface area (Å²) >= 11 is 0. The maximum Gasteiger partial charge on any atom is 0.397 e. The number of ether oxygens (including phenoxy) is 1. The van der Waals surface area contributed by atoms with Crippen LogP contribution in [0.3, 0.4) is 0 Å². The molecule has 1 saturated heterocycles. The molecule has 1 fully saturated rings. The van der Waals surface area contributed by atoms with Gasteiger partial charge in [0.25, 0.3) is 0 Å². The number of rotatable bonds is 7. The van der Waals surface area contributed by atoms with Crippen LogP contribution in [0.5, 0.6) is 0 Å². The predicted molar refractivity (Wildman–Crippen MR) is 83.2 cm³/mol. The number of nitrogens with one attached hydrogen (secondary N) is 1. The van der Waals surface area contributed by atoms with Crippen molar-refractivity contribution >= 4 is 8.60 Å². The van der Waals surface area contributed by atoms with Crippen molar-refractivity contribution in [1.82, 2.24) is 5.32 Å². The maximum absolute atomic E-state index is 5.75. The van der Waals surface area contributed by atoms with E-state index in [9.17, 15) is 0 Å². The van der Waals surface area contributed by atoms with Gasteiger partial charge in [-0.1, -0.05) is 25.3 Å². The molecular weight excluding hydrogens is 289 g/mol. The van der Waals surface area contributed by atoms with Crippen LogP contribution < -0.4 is 5.32 Å². The van der Waals surface area contributed by atoms with Crippen molar-refractivity contribution in [3.05, 3.63) is 48.9 Å². The van der Waals surface area contributed by atoms with Crippen molar-refractivity contribution in [3.8, 4) is 0 Å². The van der Waals surface area contributed by atoms with E-state index in [2.05, 4.69) is 18.5 Å². The van der Waals surface area contributed by atoms with Crippen molar-refractivity contribution in [1.29, 1.82) is 0 Å². The smallest absolute Gasteiger partial charge is 0.397 e. The summed E-state index contributed by atoms with van der Waals surface area (Å²) in [4.78, 5) is 0. The highest BCUT2D eigenvalue weighted by Crippen LogP contribution is 2.47. The average Bonchev–Trinajstić information content (AvgIpc) is 2.94. The molecule has 0 aromatic heterocycles. The molecule has 1 N–H and O–H groups in total. The fourth-order valence-corrected chi connectivity index (χ4v) is 3.21. The van der Waals surface area contributed by atoms with Gasteiger partial charge in [-0.3, -0.25) is 9.05 Å². The largest absolute Gasteiger partial charge is 0.426 e. The first-order valence-electron chi connectivity index (χ1n) is 7.01. The van der Waals surface area contributed by atoms with Crippen LogP contribution in [0.1, 0.15) is 19.8 Å². The summed E-state index contributed by atoms with van der Waals surface area (Å²) in [6.07, 6.45) is 9.22. The topological polar surface area (TPSA) is 49.0 Å². The quantitative estimate of drug-likeness (QED) is 0.729. The van der Waals surface area contributed by atoms with E-state index >= 15 is 0 Å². The number of hydrogen-bond acceptors (Lipinski definition) is 5. The van der Waals surface area contributed by atoms with Crippen LogP contribution in [0, 0.1) is 0 Å². The summed E-state index contributed by atoms with van der Waals surface area (Å²) in [6, 6.07) is 0. The monoisotopic (exact) mass is 311 g/mol. The SMILES string of the molecule is C=CNC1CCC(COP2OCC(/C=C\C)=C(C=C)O2)O1. The Morgan fingerprint density at radius 3 is 3.00 bits per heavy atom. The van der Waals surface area contributed by atoms with Gasteiger partial charge in [-0.15, -0.1) is 0 Å². The van der Waals surface area contributed by atoms with Crippen molar-refractivity contribution in [2.24, 2.45) is 0 Å². The lowest BCUT2D eigenvalue weighted by atomic mass is 10.2. The Morgan fingerprint density at radius 1 is 1.43 bits per heavy atom. The highest BCUT2D eigenvalue weighted by Gasteiger charge is 2.28. The minimum absolute atomic E-state index is 0.0296. The fourth-order valence-electron chi connectivity index (χ4n) is 2.15. The lowest BCUT2D eigenvalue weighted by Gasteiger charge is -2.25. The van der Waals surface area contributed by atoms with Crippen LogP contribution in [0.25, 0.3) is 0 Å². The van der Waals surface area contributed by atoms with Gasteiger partial charge in [-0.2, -0.15) is 0 Å². The minimum Gasteiger partial charge on any atom is -0.426 e. The summed E-state index contributed by atoms with van der Waals surface area (Å²) in [6.45, 7) is 10.3. The minimum atomic E-state index is -1.38. The number of allylic oxidation sites excluding steroid dienone is 2. The Bertz CT molecular complexity index is 435. The standard InChI is InChI=1S/C15H22NO4P/c1-4-7-12-10-17-21(20-14(12)5-2)18-11-13-8-9-15(19-13)16-6-3/h4-7,13,15-16H,2-3,8-11H2,1H3/b7-4-. The average molecular weight is 311 g/mol. The molecule has 3 unspecified atom stereocenters. The van der Waals surface area contributed by atoms with Gasteiger partial charge < -0.3 is 14.6 Å². The first kappa shape index (κ1) is 16.2. The van der Waals surface area contributed by atoms with E-state index in [1.807, 2.05) is 19.1 Å². The van der Waals surface area contributed by atoms with E-state index in [-0.39, 0.29) is 12.3 Å². The zero-order valence-electron chi connectivity index (χ0n) is 12.3. The molecule has 2 aliphatic rings. The summed E-state index contributed by atoms with van der Waals surface area (Å²) < 4.78 is 22.7. The summed E-state index contributed by atoms with van der Waals surface area (Å²) in [5.41, 5.74) is 0.974. The van der Waals surface area contributed by atoms with Crippen LogP contribution in [0.2, 0.25) is 0 Å². The second-order valence-corrected chi connectivity index (χ2v) is 5.82. The van der Waals surface area contributed by atoms with Crippen molar-refractivity contribution in [3.63, 3.8) is 0 Å². The lowest BCUT2D eigenvalue weighted by Crippen LogP contribution is -2.25. The van der Waals surface area contributed by atoms with Crippen molar-refractivity contribution < 1.29 is 18.3 Å². The van der Waals surface area contributed by atoms with E-state index in [4.69, 9.17) is 18.3 Å². The Hall–Kier alpha value is -1.13. The first-order chi connectivity index (χ1) is 10.3. The first-order valence-corrected chi connectivity index (χ1v) is 8.11. The summed E-state index contributed by atoms with van der Waals surface area (Å²) in [5, 5.41) is 3.05. The molecule has 0 amide bonds.